The van der Waals surface area contributed by atoms with Crippen molar-refractivity contribution in [1.82, 2.24) is 0 Å². The largest absolute Gasteiger partial charge is 0.495 e. The molecule has 1 N–H and O–H groups in total. The van der Waals surface area contributed by atoms with E-state index in [-0.39, 0.29) is 6.10 Å². The lowest BCUT2D eigenvalue weighted by Crippen LogP contribution is -2.18. The fourth-order valence-electron chi connectivity index (χ4n) is 1.78. The van der Waals surface area contributed by atoms with Crippen LogP contribution in [0, 0.1) is 11.8 Å². The van der Waals surface area contributed by atoms with E-state index >= 15 is 0 Å². The zero-order valence-electron chi connectivity index (χ0n) is 7.49. The van der Waals surface area contributed by atoms with Crippen LogP contribution >= 0.6 is 0 Å². The predicted octanol–water partition coefficient (Wildman–Crippen LogP) is 1.70. The Morgan fingerprint density at radius 2 is 2.42 bits per heavy atom. The first kappa shape index (κ1) is 8.11. The SMILES string of the molecule is CC1CC1C(O)C1=CCCCO1. The van der Waals surface area contributed by atoms with Crippen LogP contribution in [-0.2, 0) is 4.74 Å². The van der Waals surface area contributed by atoms with E-state index in [4.69, 9.17) is 4.74 Å². The average molecular weight is 168 g/mol. The molecule has 0 radical (unpaired) electrons. The van der Waals surface area contributed by atoms with E-state index < -0.39 is 0 Å². The molecule has 0 bridgehead atoms. The summed E-state index contributed by atoms with van der Waals surface area (Å²) in [5.41, 5.74) is 0. The molecule has 0 amide bonds. The normalized spacial score (nSPS) is 36.7. The van der Waals surface area contributed by atoms with Crippen molar-refractivity contribution in [3.05, 3.63) is 11.8 Å². The number of hydrogen-bond donors (Lipinski definition) is 1. The highest BCUT2D eigenvalue weighted by Crippen LogP contribution is 2.43. The number of hydrogen-bond acceptors (Lipinski definition) is 2. The molecular weight excluding hydrogens is 152 g/mol. The van der Waals surface area contributed by atoms with Gasteiger partial charge in [0.2, 0.25) is 0 Å². The third-order valence-corrected chi connectivity index (χ3v) is 2.83. The molecule has 12 heavy (non-hydrogen) atoms. The van der Waals surface area contributed by atoms with Crippen LogP contribution in [0.15, 0.2) is 11.8 Å². The van der Waals surface area contributed by atoms with Crippen LogP contribution < -0.4 is 0 Å². The molecule has 2 heteroatoms. The van der Waals surface area contributed by atoms with Gasteiger partial charge in [-0.25, -0.2) is 0 Å². The molecule has 1 saturated carbocycles. The molecule has 0 aromatic carbocycles. The zero-order valence-corrected chi connectivity index (χ0v) is 7.49. The van der Waals surface area contributed by atoms with Gasteiger partial charge in [-0.1, -0.05) is 6.92 Å². The van der Waals surface area contributed by atoms with E-state index in [9.17, 15) is 5.11 Å². The molecular formula is C10H16O2. The van der Waals surface area contributed by atoms with Gasteiger partial charge in [0, 0.05) is 0 Å². The predicted molar refractivity (Wildman–Crippen MR) is 46.5 cm³/mol. The third kappa shape index (κ3) is 1.48. The molecule has 1 fully saturated rings. The van der Waals surface area contributed by atoms with Crippen molar-refractivity contribution >= 4 is 0 Å². The Morgan fingerprint density at radius 3 is 2.92 bits per heavy atom. The summed E-state index contributed by atoms with van der Waals surface area (Å²) in [5.74, 6) is 1.98. The Hall–Kier alpha value is -0.500. The van der Waals surface area contributed by atoms with Gasteiger partial charge in [-0.3, -0.25) is 0 Å². The molecule has 2 nitrogen and oxygen atoms in total. The van der Waals surface area contributed by atoms with Crippen LogP contribution in [0.4, 0.5) is 0 Å². The van der Waals surface area contributed by atoms with Crippen molar-refractivity contribution in [3.63, 3.8) is 0 Å². The van der Waals surface area contributed by atoms with E-state index in [0.717, 1.165) is 31.6 Å². The number of aliphatic hydroxyl groups is 1. The summed E-state index contributed by atoms with van der Waals surface area (Å²) < 4.78 is 5.40. The van der Waals surface area contributed by atoms with Gasteiger partial charge in [0.25, 0.3) is 0 Å². The van der Waals surface area contributed by atoms with Crippen LogP contribution in [0.2, 0.25) is 0 Å². The van der Waals surface area contributed by atoms with Crippen molar-refractivity contribution in [2.75, 3.05) is 6.61 Å². The summed E-state index contributed by atoms with van der Waals surface area (Å²) in [6, 6.07) is 0. The number of allylic oxidation sites excluding steroid dienone is 1. The molecule has 0 aromatic rings. The first-order valence-corrected chi connectivity index (χ1v) is 4.80. The van der Waals surface area contributed by atoms with E-state index in [1.54, 1.807) is 0 Å². The van der Waals surface area contributed by atoms with Gasteiger partial charge in [0.15, 0.2) is 0 Å². The number of rotatable bonds is 2. The number of aliphatic hydroxyl groups excluding tert-OH is 1. The molecule has 1 heterocycles. The van der Waals surface area contributed by atoms with Crippen molar-refractivity contribution < 1.29 is 9.84 Å². The highest BCUT2D eigenvalue weighted by atomic mass is 16.5. The first-order chi connectivity index (χ1) is 5.79. The molecule has 2 aliphatic rings. The first-order valence-electron chi connectivity index (χ1n) is 4.80. The molecule has 1 aliphatic carbocycles. The van der Waals surface area contributed by atoms with Crippen molar-refractivity contribution in [1.29, 1.82) is 0 Å². The number of ether oxygens (including phenoxy) is 1. The van der Waals surface area contributed by atoms with Gasteiger partial charge in [-0.05, 0) is 37.2 Å². The molecule has 2 rings (SSSR count). The van der Waals surface area contributed by atoms with E-state index in [1.807, 2.05) is 6.08 Å². The van der Waals surface area contributed by atoms with Gasteiger partial charge < -0.3 is 9.84 Å². The van der Waals surface area contributed by atoms with Crippen LogP contribution in [0.3, 0.4) is 0 Å². The van der Waals surface area contributed by atoms with Crippen molar-refractivity contribution in [2.24, 2.45) is 11.8 Å². The summed E-state index contributed by atoms with van der Waals surface area (Å²) >= 11 is 0. The Kier molecular flexibility index (Phi) is 2.09. The maximum Gasteiger partial charge on any atom is 0.121 e. The second-order valence-corrected chi connectivity index (χ2v) is 3.92. The Morgan fingerprint density at radius 1 is 1.67 bits per heavy atom. The lowest BCUT2D eigenvalue weighted by atomic mass is 10.1. The molecule has 0 aromatic heterocycles. The maximum absolute atomic E-state index is 9.79. The topological polar surface area (TPSA) is 29.5 Å². The Bertz CT molecular complexity index is 198. The van der Waals surface area contributed by atoms with E-state index in [0.29, 0.717) is 11.8 Å². The molecule has 3 atom stereocenters. The zero-order chi connectivity index (χ0) is 8.55. The van der Waals surface area contributed by atoms with Gasteiger partial charge in [0.1, 0.15) is 11.9 Å². The summed E-state index contributed by atoms with van der Waals surface area (Å²) in [6.45, 7) is 2.96. The fraction of sp³-hybridized carbons (Fsp3) is 0.800. The minimum Gasteiger partial charge on any atom is -0.495 e. The highest BCUT2D eigenvalue weighted by molar-refractivity contribution is 5.08. The van der Waals surface area contributed by atoms with Crippen LogP contribution in [-0.4, -0.2) is 17.8 Å². The molecule has 0 spiro atoms. The smallest absolute Gasteiger partial charge is 0.121 e. The summed E-state index contributed by atoms with van der Waals surface area (Å²) in [4.78, 5) is 0. The van der Waals surface area contributed by atoms with Crippen molar-refractivity contribution in [3.8, 4) is 0 Å². The standard InChI is InChI=1S/C10H16O2/c1-7-6-8(7)10(11)9-4-2-3-5-12-9/h4,7-8,10-11H,2-3,5-6H2,1H3. The fourth-order valence-corrected chi connectivity index (χ4v) is 1.78. The molecule has 68 valence electrons. The van der Waals surface area contributed by atoms with Crippen molar-refractivity contribution in [2.45, 2.75) is 32.3 Å². The summed E-state index contributed by atoms with van der Waals surface area (Å²) in [7, 11) is 0. The van der Waals surface area contributed by atoms with E-state index in [2.05, 4.69) is 6.92 Å². The average Bonchev–Trinajstić information content (AvgIpc) is 2.83. The minimum absolute atomic E-state index is 0.319. The van der Waals surface area contributed by atoms with Crippen LogP contribution in [0.25, 0.3) is 0 Å². The lowest BCUT2D eigenvalue weighted by molar-refractivity contribution is 0.0764. The third-order valence-electron chi connectivity index (χ3n) is 2.83. The second kappa shape index (κ2) is 3.09. The second-order valence-electron chi connectivity index (χ2n) is 3.92. The van der Waals surface area contributed by atoms with Gasteiger partial charge in [0.05, 0.1) is 6.61 Å². The molecule has 0 saturated heterocycles. The Balaban J connectivity index is 1.94. The maximum atomic E-state index is 9.79. The van der Waals surface area contributed by atoms with Crippen LogP contribution in [0.1, 0.15) is 26.2 Å². The monoisotopic (exact) mass is 168 g/mol. The quantitative estimate of drug-likeness (QED) is 0.680. The van der Waals surface area contributed by atoms with Gasteiger partial charge >= 0.3 is 0 Å². The summed E-state index contributed by atoms with van der Waals surface area (Å²) in [6.07, 6.45) is 5.03. The highest BCUT2D eigenvalue weighted by Gasteiger charge is 2.41. The van der Waals surface area contributed by atoms with Gasteiger partial charge in [-0.2, -0.15) is 0 Å². The molecule has 3 unspecified atom stereocenters. The Labute approximate surface area is 73.2 Å². The van der Waals surface area contributed by atoms with Crippen LogP contribution in [0.5, 0.6) is 0 Å². The lowest BCUT2D eigenvalue weighted by Gasteiger charge is -2.19. The summed E-state index contributed by atoms with van der Waals surface area (Å²) in [5, 5.41) is 9.79. The minimum atomic E-state index is -0.319. The van der Waals surface area contributed by atoms with E-state index in [1.165, 1.54) is 0 Å². The molecule has 1 aliphatic heterocycles. The van der Waals surface area contributed by atoms with Gasteiger partial charge in [-0.15, -0.1) is 0 Å².